The first-order valence-electron chi connectivity index (χ1n) is 17.4. The van der Waals surface area contributed by atoms with Gasteiger partial charge in [-0.15, -0.1) is 0 Å². The zero-order chi connectivity index (χ0) is 32.4. The van der Waals surface area contributed by atoms with E-state index >= 15 is 0 Å². The fourth-order valence-electron chi connectivity index (χ4n) is 8.65. The van der Waals surface area contributed by atoms with Crippen LogP contribution in [0.2, 0.25) is 0 Å². The second-order valence-corrected chi connectivity index (χ2v) is 13.8. The lowest BCUT2D eigenvalue weighted by molar-refractivity contribution is -0.128. The number of aryl methyl sites for hydroxylation is 1. The molecule has 0 unspecified atom stereocenters. The van der Waals surface area contributed by atoms with Crippen LogP contribution in [-0.4, -0.2) is 105 Å². The highest BCUT2D eigenvalue weighted by Crippen LogP contribution is 2.40. The summed E-state index contributed by atoms with van der Waals surface area (Å²) in [7, 11) is 0. The number of carbonyl (C=O) groups is 3. The maximum Gasteiger partial charge on any atom is 0.411 e. The number of nitrogens with one attached hydrogen (secondary N) is 2. The van der Waals surface area contributed by atoms with Crippen LogP contribution >= 0.6 is 0 Å². The van der Waals surface area contributed by atoms with E-state index in [4.69, 9.17) is 4.74 Å². The molecule has 3 saturated heterocycles. The number of carbonyl (C=O) groups excluding carboxylic acids is 3. The van der Waals surface area contributed by atoms with Gasteiger partial charge in [-0.05, 0) is 87.4 Å². The maximum atomic E-state index is 14.1. The predicted molar refractivity (Wildman–Crippen MR) is 180 cm³/mol. The first kappa shape index (κ1) is 31.6. The number of nitrogens with zero attached hydrogens (tertiary/aromatic N) is 5. The van der Waals surface area contributed by atoms with Gasteiger partial charge in [0.1, 0.15) is 18.6 Å². The Hall–Kier alpha value is -3.96. The number of benzene rings is 2. The molecule has 5 heterocycles. The van der Waals surface area contributed by atoms with Crippen molar-refractivity contribution in [2.75, 3.05) is 44.6 Å². The first-order chi connectivity index (χ1) is 22.9. The van der Waals surface area contributed by atoms with Crippen LogP contribution < -0.4 is 5.32 Å². The summed E-state index contributed by atoms with van der Waals surface area (Å²) in [6.07, 6.45) is 10.2. The lowest BCUT2D eigenvalue weighted by atomic mass is 9.84. The van der Waals surface area contributed by atoms with Crippen molar-refractivity contribution in [2.24, 2.45) is 0 Å². The van der Waals surface area contributed by atoms with Crippen molar-refractivity contribution < 1.29 is 19.1 Å². The number of fused-ring (bicyclic) bond motifs is 2. The largest absolute Gasteiger partial charge is 0.445 e. The number of urea groups is 1. The Kier molecular flexibility index (Phi) is 9.18. The van der Waals surface area contributed by atoms with Crippen molar-refractivity contribution in [1.82, 2.24) is 29.8 Å². The fourth-order valence-corrected chi connectivity index (χ4v) is 8.65. The van der Waals surface area contributed by atoms with E-state index in [1.807, 2.05) is 47.1 Å². The molecule has 0 radical (unpaired) electrons. The number of likely N-dealkylation sites (tertiary alicyclic amines) is 3. The normalized spacial score (nSPS) is 24.9. The van der Waals surface area contributed by atoms with Crippen molar-refractivity contribution in [3.8, 4) is 0 Å². The number of hydrogen-bond acceptors (Lipinski definition) is 7. The number of aromatic amines is 1. The Morgan fingerprint density at radius 2 is 1.81 bits per heavy atom. The van der Waals surface area contributed by atoms with Gasteiger partial charge in [-0.3, -0.25) is 14.9 Å². The summed E-state index contributed by atoms with van der Waals surface area (Å²) < 4.78 is 6.03. The number of hydrogen-bond donors (Lipinski definition) is 2. The molecule has 0 aliphatic carbocycles. The van der Waals surface area contributed by atoms with E-state index in [0.717, 1.165) is 85.0 Å². The summed E-state index contributed by atoms with van der Waals surface area (Å²) in [6, 6.07) is 12.2. The summed E-state index contributed by atoms with van der Waals surface area (Å²) in [6.45, 7) is 7.02. The molecule has 2 N–H and O–H groups in total. The first-order valence-corrected chi connectivity index (χ1v) is 17.4. The van der Waals surface area contributed by atoms with E-state index in [-0.39, 0.29) is 25.1 Å². The molecule has 3 fully saturated rings. The molecular formula is C36H47N7O4. The monoisotopic (exact) mass is 641 g/mol. The zero-order valence-corrected chi connectivity index (χ0v) is 27.5. The maximum absolute atomic E-state index is 14.1. The minimum atomic E-state index is -0.877. The van der Waals surface area contributed by atoms with Gasteiger partial charge in [-0.25, -0.2) is 9.59 Å². The molecule has 3 amide bonds. The summed E-state index contributed by atoms with van der Waals surface area (Å²) >= 11 is 0. The molecule has 11 nitrogen and oxygen atoms in total. The van der Waals surface area contributed by atoms with Crippen LogP contribution in [0.25, 0.3) is 10.9 Å². The van der Waals surface area contributed by atoms with Crippen molar-refractivity contribution in [3.05, 3.63) is 59.3 Å². The van der Waals surface area contributed by atoms with Gasteiger partial charge in [0.2, 0.25) is 0 Å². The van der Waals surface area contributed by atoms with Crippen molar-refractivity contribution >= 4 is 35.0 Å². The summed E-state index contributed by atoms with van der Waals surface area (Å²) in [5, 5.41) is 11.3. The van der Waals surface area contributed by atoms with Crippen LogP contribution in [0.4, 0.5) is 15.3 Å². The third kappa shape index (κ3) is 6.35. The van der Waals surface area contributed by atoms with Crippen LogP contribution in [0.5, 0.6) is 0 Å². The third-order valence-corrected chi connectivity index (χ3v) is 11.1. The molecule has 47 heavy (non-hydrogen) atoms. The molecule has 0 bridgehead atoms. The van der Waals surface area contributed by atoms with Gasteiger partial charge < -0.3 is 24.6 Å². The van der Waals surface area contributed by atoms with Gasteiger partial charge >= 0.3 is 12.1 Å². The van der Waals surface area contributed by atoms with Gasteiger partial charge in [0.15, 0.2) is 0 Å². The molecule has 2 atom stereocenters. The second kappa shape index (κ2) is 13.6. The topological polar surface area (TPSA) is 114 Å². The van der Waals surface area contributed by atoms with Crippen LogP contribution in [0.15, 0.2) is 42.6 Å². The number of anilines is 1. The van der Waals surface area contributed by atoms with Crippen molar-refractivity contribution in [1.29, 1.82) is 0 Å². The highest BCUT2D eigenvalue weighted by molar-refractivity contribution is 5.91. The van der Waals surface area contributed by atoms with Gasteiger partial charge in [0.25, 0.3) is 0 Å². The molecule has 4 aliphatic heterocycles. The Morgan fingerprint density at radius 3 is 2.62 bits per heavy atom. The van der Waals surface area contributed by atoms with Gasteiger partial charge in [0.05, 0.1) is 11.7 Å². The van der Waals surface area contributed by atoms with E-state index in [2.05, 4.69) is 31.4 Å². The molecule has 7 rings (SSSR count). The highest BCUT2D eigenvalue weighted by atomic mass is 16.6. The van der Waals surface area contributed by atoms with Crippen LogP contribution in [0.1, 0.15) is 68.1 Å². The van der Waals surface area contributed by atoms with E-state index in [9.17, 15) is 14.4 Å². The lowest BCUT2D eigenvalue weighted by Gasteiger charge is -2.57. The smallest absolute Gasteiger partial charge is 0.411 e. The summed E-state index contributed by atoms with van der Waals surface area (Å²) in [5.74, 6) is 0. The lowest BCUT2D eigenvalue weighted by Crippen LogP contribution is -2.70. The molecule has 0 spiro atoms. The average molecular weight is 642 g/mol. The predicted octanol–water partition coefficient (Wildman–Crippen LogP) is 5.30. The van der Waals surface area contributed by atoms with Crippen LogP contribution in [-0.2, 0) is 22.6 Å². The molecule has 1 aromatic heterocycles. The Balaban J connectivity index is 1.13. The van der Waals surface area contributed by atoms with Crippen molar-refractivity contribution in [2.45, 2.75) is 89.1 Å². The minimum Gasteiger partial charge on any atom is -0.445 e. The molecule has 2 aromatic carbocycles. The van der Waals surface area contributed by atoms with Crippen LogP contribution in [0, 0.1) is 6.92 Å². The van der Waals surface area contributed by atoms with E-state index in [1.165, 1.54) is 19.3 Å². The number of amides is 3. The van der Waals surface area contributed by atoms with Gasteiger partial charge in [-0.1, -0.05) is 30.7 Å². The number of piperidine rings is 3. The standard InChI is InChI=1S/C36H47N7O4/c1-26-21-27(22-29-24-37-39-33(26)29)25-47-35(46)43-19-12-31(42-18-9-28-7-3-4-8-32(28)38-34(42)45)23-36(43,13-20-44)41-16-10-30(11-17-41)40-14-5-2-6-15-40/h3-4,7-8,20-22,24,30-31H,2,5-6,9-19,23,25H2,1H3,(H,37,39)(H,38,45)/t31-,36+/m1/s1. The van der Waals surface area contributed by atoms with Gasteiger partial charge in [-0.2, -0.15) is 5.10 Å². The second-order valence-electron chi connectivity index (χ2n) is 13.8. The number of para-hydroxylation sites is 1. The summed E-state index contributed by atoms with van der Waals surface area (Å²) in [4.78, 5) is 49.0. The zero-order valence-electron chi connectivity index (χ0n) is 27.5. The van der Waals surface area contributed by atoms with E-state index in [1.54, 1.807) is 6.20 Å². The number of H-pyrrole nitrogens is 1. The van der Waals surface area contributed by atoms with Gasteiger partial charge in [0, 0.05) is 62.2 Å². The quantitative estimate of drug-likeness (QED) is 0.337. The Bertz CT molecular complexity index is 1590. The van der Waals surface area contributed by atoms with Crippen LogP contribution in [0.3, 0.4) is 0 Å². The molecule has 0 saturated carbocycles. The number of aldehydes is 1. The SMILES string of the molecule is Cc1cc(COC(=O)N2CC[C@@H](N3CCc4ccccc4NC3=O)C[C@@]2(CC=O)N2CCC(N3CCCCC3)CC2)cc2cn[nH]c12. The molecule has 11 heteroatoms. The minimum absolute atomic E-state index is 0.121. The number of aromatic nitrogens is 2. The number of rotatable bonds is 7. The third-order valence-electron chi connectivity index (χ3n) is 11.1. The number of ether oxygens (including phenoxy) is 1. The molecular weight excluding hydrogens is 594 g/mol. The molecule has 250 valence electrons. The highest BCUT2D eigenvalue weighted by Gasteiger charge is 2.52. The van der Waals surface area contributed by atoms with Crippen molar-refractivity contribution in [3.63, 3.8) is 0 Å². The fraction of sp³-hybridized carbons (Fsp3) is 0.556. The Labute approximate surface area is 276 Å². The Morgan fingerprint density at radius 1 is 1.02 bits per heavy atom. The summed E-state index contributed by atoms with van der Waals surface area (Å²) in [5.41, 5.74) is 4.00. The molecule has 3 aromatic rings. The van der Waals surface area contributed by atoms with E-state index in [0.29, 0.717) is 32.0 Å². The average Bonchev–Trinajstić information content (AvgIpc) is 3.51. The molecule has 4 aliphatic rings. The van der Waals surface area contributed by atoms with E-state index < -0.39 is 11.8 Å².